The molecule has 32 heavy (non-hydrogen) atoms. The predicted octanol–water partition coefficient (Wildman–Crippen LogP) is 2.87. The fourth-order valence-electron chi connectivity index (χ4n) is 4.41. The van der Waals surface area contributed by atoms with Crippen LogP contribution in [0.2, 0.25) is 0 Å². The third-order valence-corrected chi connectivity index (χ3v) is 6.60. The van der Waals surface area contributed by atoms with E-state index in [-0.39, 0.29) is 13.2 Å². The number of aryl methyl sites for hydroxylation is 2. The van der Waals surface area contributed by atoms with Crippen molar-refractivity contribution in [2.45, 2.75) is 31.6 Å². The fraction of sp³-hybridized carbons (Fsp3) is 0.360. The van der Waals surface area contributed by atoms with Crippen LogP contribution >= 0.6 is 0 Å². The van der Waals surface area contributed by atoms with Gasteiger partial charge in [0.15, 0.2) is 5.60 Å². The van der Waals surface area contributed by atoms with Crippen LogP contribution in [0.15, 0.2) is 42.5 Å². The van der Waals surface area contributed by atoms with Crippen molar-refractivity contribution in [3.05, 3.63) is 76.2 Å². The number of H-pyrrole nitrogens is 1. The van der Waals surface area contributed by atoms with E-state index in [2.05, 4.69) is 16.0 Å². The van der Waals surface area contributed by atoms with Gasteiger partial charge in [0.05, 0.1) is 36.2 Å². The molecule has 1 aromatic heterocycles. The van der Waals surface area contributed by atoms with Gasteiger partial charge in [-0.2, -0.15) is 5.26 Å². The van der Waals surface area contributed by atoms with Crippen molar-refractivity contribution in [1.82, 2.24) is 14.9 Å². The lowest BCUT2D eigenvalue weighted by Crippen LogP contribution is -2.47. The molecule has 0 radical (unpaired) electrons. The van der Waals surface area contributed by atoms with Crippen LogP contribution < -0.4 is 0 Å². The molecule has 3 N–H and O–H groups in total. The Bertz CT molecular complexity index is 1180. The summed E-state index contributed by atoms with van der Waals surface area (Å²) in [5, 5.41) is 30.5. The zero-order valence-electron chi connectivity index (χ0n) is 18.2. The lowest BCUT2D eigenvalue weighted by Gasteiger charge is -2.42. The number of aromatic amines is 1. The molecule has 7 nitrogen and oxygen atoms in total. The summed E-state index contributed by atoms with van der Waals surface area (Å²) in [6.07, 6.45) is -0.698. The Morgan fingerprint density at radius 3 is 2.53 bits per heavy atom. The standard InChI is InChI=1S/C25H26N4O3/c1-15-3-6-19(9-21(15)22-16(2)27-24(28-22)25(31)13-32-14-25)23(30)29-11-20(12-29)18-7-4-17(10-26)5-8-18/h3-9,20,23,30-31H,11-14H2,1-2H3,(H,27,28). The molecule has 1 atom stereocenters. The van der Waals surface area contributed by atoms with Crippen molar-refractivity contribution < 1.29 is 14.9 Å². The summed E-state index contributed by atoms with van der Waals surface area (Å²) >= 11 is 0. The quantitative estimate of drug-likeness (QED) is 0.575. The number of aliphatic hydroxyl groups is 2. The van der Waals surface area contributed by atoms with E-state index < -0.39 is 11.8 Å². The van der Waals surface area contributed by atoms with Gasteiger partial charge in [0, 0.05) is 24.6 Å². The first-order chi connectivity index (χ1) is 15.4. The summed E-state index contributed by atoms with van der Waals surface area (Å²) in [5.41, 5.74) is 5.31. The second kappa shape index (κ2) is 7.84. The van der Waals surface area contributed by atoms with Gasteiger partial charge in [0.2, 0.25) is 0 Å². The molecule has 5 rings (SSSR count). The number of ether oxygens (including phenoxy) is 1. The molecular formula is C25H26N4O3. The number of nitriles is 1. The molecule has 2 aliphatic heterocycles. The minimum Gasteiger partial charge on any atom is -0.377 e. The molecule has 2 aliphatic rings. The third kappa shape index (κ3) is 3.51. The van der Waals surface area contributed by atoms with Crippen molar-refractivity contribution in [2.75, 3.05) is 26.3 Å². The van der Waals surface area contributed by atoms with Crippen molar-refractivity contribution in [3.63, 3.8) is 0 Å². The normalized spacial score (nSPS) is 19.1. The molecule has 0 amide bonds. The summed E-state index contributed by atoms with van der Waals surface area (Å²) in [6.45, 7) is 5.95. The van der Waals surface area contributed by atoms with E-state index >= 15 is 0 Å². The maximum atomic E-state index is 11.0. The maximum Gasteiger partial charge on any atom is 0.168 e. The average molecular weight is 431 g/mol. The Labute approximate surface area is 186 Å². The molecule has 0 saturated carbocycles. The Morgan fingerprint density at radius 2 is 1.91 bits per heavy atom. The lowest BCUT2D eigenvalue weighted by atomic mass is 9.89. The monoisotopic (exact) mass is 430 g/mol. The van der Waals surface area contributed by atoms with Crippen LogP contribution in [0.4, 0.5) is 0 Å². The number of hydrogen-bond donors (Lipinski definition) is 3. The Balaban J connectivity index is 1.34. The van der Waals surface area contributed by atoms with Crippen molar-refractivity contribution in [1.29, 1.82) is 5.26 Å². The second-order valence-corrected chi connectivity index (χ2v) is 8.90. The molecule has 7 heteroatoms. The number of hydrogen-bond acceptors (Lipinski definition) is 6. The van der Waals surface area contributed by atoms with Gasteiger partial charge in [-0.15, -0.1) is 0 Å². The molecule has 0 spiro atoms. The summed E-state index contributed by atoms with van der Waals surface area (Å²) < 4.78 is 5.16. The number of nitrogens with one attached hydrogen (secondary N) is 1. The topological polar surface area (TPSA) is 105 Å². The molecule has 3 aromatic rings. The fourth-order valence-corrected chi connectivity index (χ4v) is 4.41. The number of imidazole rings is 1. The third-order valence-electron chi connectivity index (χ3n) is 6.60. The van der Waals surface area contributed by atoms with E-state index in [4.69, 9.17) is 10.00 Å². The molecule has 1 unspecified atom stereocenters. The summed E-state index contributed by atoms with van der Waals surface area (Å²) in [4.78, 5) is 9.86. The Morgan fingerprint density at radius 1 is 1.19 bits per heavy atom. The Kier molecular flexibility index (Phi) is 5.11. The van der Waals surface area contributed by atoms with Gasteiger partial charge in [-0.3, -0.25) is 4.90 Å². The highest BCUT2D eigenvalue weighted by Gasteiger charge is 2.41. The first-order valence-corrected chi connectivity index (χ1v) is 10.8. The van der Waals surface area contributed by atoms with Crippen LogP contribution in [-0.2, 0) is 10.3 Å². The molecule has 2 fully saturated rings. The molecule has 2 saturated heterocycles. The predicted molar refractivity (Wildman–Crippen MR) is 119 cm³/mol. The minimum atomic E-state index is -1.05. The number of nitrogens with zero attached hydrogens (tertiary/aromatic N) is 3. The highest BCUT2D eigenvalue weighted by Crippen LogP contribution is 2.36. The van der Waals surface area contributed by atoms with Gasteiger partial charge in [-0.25, -0.2) is 4.98 Å². The molecule has 2 aromatic carbocycles. The van der Waals surface area contributed by atoms with Gasteiger partial charge >= 0.3 is 0 Å². The molecule has 164 valence electrons. The van der Waals surface area contributed by atoms with Gasteiger partial charge in [0.1, 0.15) is 12.1 Å². The minimum absolute atomic E-state index is 0.243. The zero-order chi connectivity index (χ0) is 22.5. The summed E-state index contributed by atoms with van der Waals surface area (Å²) in [5.74, 6) is 0.875. The van der Waals surface area contributed by atoms with Crippen LogP contribution in [0.5, 0.6) is 0 Å². The van der Waals surface area contributed by atoms with E-state index in [9.17, 15) is 10.2 Å². The van der Waals surface area contributed by atoms with Crippen molar-refractivity contribution in [2.24, 2.45) is 0 Å². The van der Waals surface area contributed by atoms with E-state index in [1.54, 1.807) is 0 Å². The first kappa shape index (κ1) is 20.9. The van der Waals surface area contributed by atoms with Gasteiger partial charge in [-0.1, -0.05) is 24.3 Å². The summed E-state index contributed by atoms with van der Waals surface area (Å²) in [6, 6.07) is 15.8. The van der Waals surface area contributed by atoms with Crippen LogP contribution in [0.25, 0.3) is 11.3 Å². The van der Waals surface area contributed by atoms with E-state index in [1.807, 2.05) is 61.2 Å². The summed E-state index contributed by atoms with van der Waals surface area (Å²) in [7, 11) is 0. The number of aliphatic hydroxyl groups excluding tert-OH is 1. The van der Waals surface area contributed by atoms with E-state index in [0.29, 0.717) is 17.3 Å². The zero-order valence-corrected chi connectivity index (χ0v) is 18.2. The van der Waals surface area contributed by atoms with Crippen molar-refractivity contribution >= 4 is 0 Å². The highest BCUT2D eigenvalue weighted by atomic mass is 16.5. The SMILES string of the molecule is Cc1ccc(C(O)N2CC(c3ccc(C#N)cc3)C2)cc1-c1[nH]c(C2(O)COC2)nc1C. The Hall–Kier alpha value is -3.02. The van der Waals surface area contributed by atoms with Gasteiger partial charge < -0.3 is 19.9 Å². The molecule has 3 heterocycles. The molecule has 0 bridgehead atoms. The van der Waals surface area contributed by atoms with Crippen LogP contribution in [-0.4, -0.2) is 51.4 Å². The van der Waals surface area contributed by atoms with Gasteiger partial charge in [-0.05, 0) is 48.7 Å². The van der Waals surface area contributed by atoms with Gasteiger partial charge in [0.25, 0.3) is 0 Å². The number of rotatable bonds is 5. The van der Waals surface area contributed by atoms with E-state index in [1.165, 1.54) is 5.56 Å². The molecular weight excluding hydrogens is 404 g/mol. The van der Waals surface area contributed by atoms with Crippen LogP contribution in [0, 0.1) is 25.2 Å². The first-order valence-electron chi connectivity index (χ1n) is 10.8. The second-order valence-electron chi connectivity index (χ2n) is 8.90. The number of benzene rings is 2. The van der Waals surface area contributed by atoms with Crippen molar-refractivity contribution in [3.8, 4) is 17.3 Å². The van der Waals surface area contributed by atoms with Crippen LogP contribution in [0.3, 0.4) is 0 Å². The smallest absolute Gasteiger partial charge is 0.168 e. The number of aromatic nitrogens is 2. The highest BCUT2D eigenvalue weighted by molar-refractivity contribution is 5.67. The maximum absolute atomic E-state index is 11.0. The lowest BCUT2D eigenvalue weighted by molar-refractivity contribution is -0.188. The van der Waals surface area contributed by atoms with E-state index in [0.717, 1.165) is 41.2 Å². The van der Waals surface area contributed by atoms with Crippen LogP contribution in [0.1, 0.15) is 45.9 Å². The number of likely N-dealkylation sites (tertiary alicyclic amines) is 1. The molecule has 0 aliphatic carbocycles. The average Bonchev–Trinajstić information content (AvgIpc) is 3.13. The largest absolute Gasteiger partial charge is 0.377 e.